The third kappa shape index (κ3) is 4.46. The summed E-state index contributed by atoms with van der Waals surface area (Å²) < 4.78 is 0.530. The normalized spacial score (nSPS) is 17.0. The molecular weight excluding hydrogens is 352 g/mol. The number of rotatable bonds is 5. The molecule has 2 aromatic carbocycles. The number of amides is 2. The van der Waals surface area contributed by atoms with Gasteiger partial charge in [0, 0.05) is 12.1 Å². The number of carbonyl (C=O) groups excluding carboxylic acids is 2. The highest BCUT2D eigenvalue weighted by atomic mass is 32.2. The van der Waals surface area contributed by atoms with E-state index < -0.39 is 5.25 Å². The maximum Gasteiger partial charge on any atom is 0.242 e. The van der Waals surface area contributed by atoms with Crippen molar-refractivity contribution in [2.45, 2.75) is 25.1 Å². The van der Waals surface area contributed by atoms with Crippen LogP contribution in [0.15, 0.2) is 54.6 Å². The maximum atomic E-state index is 12.6. The second-order valence-corrected chi connectivity index (χ2v) is 7.74. The van der Waals surface area contributed by atoms with Crippen molar-refractivity contribution in [3.63, 3.8) is 0 Å². The van der Waals surface area contributed by atoms with Gasteiger partial charge in [-0.2, -0.15) is 0 Å². The number of nitrogens with one attached hydrogen (secondary N) is 1. The Bertz CT molecular complexity index is 791. The second-order valence-electron chi connectivity index (χ2n) is 5.90. The zero-order valence-corrected chi connectivity index (χ0v) is 15.4. The van der Waals surface area contributed by atoms with Crippen molar-refractivity contribution < 1.29 is 9.59 Å². The third-order valence-corrected chi connectivity index (χ3v) is 5.48. The molecule has 128 valence electrons. The van der Waals surface area contributed by atoms with E-state index in [1.165, 1.54) is 11.8 Å². The molecule has 2 aromatic rings. The van der Waals surface area contributed by atoms with E-state index in [-0.39, 0.29) is 18.2 Å². The standard InChI is InChI=1S/C19H18N2O2S2/c1-13-7-9-15(10-8-13)20-17(22)11-16-18(23)21(19(24)25-16)12-14-5-3-2-4-6-14/h2-10,16H,11-12H2,1H3,(H,20,22)/t16-/m1/s1. The van der Waals surface area contributed by atoms with E-state index in [1.807, 2.05) is 61.5 Å². The lowest BCUT2D eigenvalue weighted by Gasteiger charge is -2.15. The van der Waals surface area contributed by atoms with E-state index in [9.17, 15) is 9.59 Å². The molecule has 0 spiro atoms. The fraction of sp³-hybridized carbons (Fsp3) is 0.211. The molecule has 0 saturated carbocycles. The minimum atomic E-state index is -0.457. The van der Waals surface area contributed by atoms with Gasteiger partial charge in [0.05, 0.1) is 11.8 Å². The van der Waals surface area contributed by atoms with Crippen LogP contribution >= 0.6 is 24.0 Å². The fourth-order valence-electron chi connectivity index (χ4n) is 2.55. The first-order valence-electron chi connectivity index (χ1n) is 7.95. The number of thiocarbonyl (C=S) groups is 1. The van der Waals surface area contributed by atoms with E-state index in [0.29, 0.717) is 10.9 Å². The van der Waals surface area contributed by atoms with Crippen LogP contribution < -0.4 is 5.32 Å². The zero-order valence-electron chi connectivity index (χ0n) is 13.8. The van der Waals surface area contributed by atoms with Gasteiger partial charge in [-0.15, -0.1) is 0 Å². The lowest BCUT2D eigenvalue weighted by molar-refractivity contribution is -0.128. The van der Waals surface area contributed by atoms with Crippen LogP contribution in [-0.4, -0.2) is 26.3 Å². The van der Waals surface area contributed by atoms with E-state index in [4.69, 9.17) is 12.2 Å². The Kier molecular flexibility index (Phi) is 5.50. The summed E-state index contributed by atoms with van der Waals surface area (Å²) in [7, 11) is 0. The predicted molar refractivity (Wildman–Crippen MR) is 105 cm³/mol. The largest absolute Gasteiger partial charge is 0.326 e. The molecule has 4 nitrogen and oxygen atoms in total. The van der Waals surface area contributed by atoms with Crippen molar-refractivity contribution >= 4 is 45.8 Å². The molecule has 1 atom stereocenters. The average molecular weight is 370 g/mol. The van der Waals surface area contributed by atoms with Gasteiger partial charge in [0.2, 0.25) is 11.8 Å². The molecule has 1 N–H and O–H groups in total. The lowest BCUT2D eigenvalue weighted by atomic mass is 10.2. The van der Waals surface area contributed by atoms with Gasteiger partial charge in [-0.25, -0.2) is 0 Å². The fourth-order valence-corrected chi connectivity index (χ4v) is 4.05. The molecule has 1 fully saturated rings. The number of benzene rings is 2. The van der Waals surface area contributed by atoms with Crippen molar-refractivity contribution in [2.75, 3.05) is 5.32 Å². The highest BCUT2D eigenvalue weighted by Gasteiger charge is 2.37. The molecule has 1 aliphatic heterocycles. The lowest BCUT2D eigenvalue weighted by Crippen LogP contribution is -2.32. The first-order chi connectivity index (χ1) is 12.0. The summed E-state index contributed by atoms with van der Waals surface area (Å²) in [5.74, 6) is -0.281. The van der Waals surface area contributed by atoms with Gasteiger partial charge in [0.25, 0.3) is 0 Å². The van der Waals surface area contributed by atoms with Crippen molar-refractivity contribution in [3.8, 4) is 0 Å². The molecule has 0 unspecified atom stereocenters. The summed E-state index contributed by atoms with van der Waals surface area (Å²) in [6.45, 7) is 2.43. The smallest absolute Gasteiger partial charge is 0.242 e. The molecule has 0 aromatic heterocycles. The minimum Gasteiger partial charge on any atom is -0.326 e. The topological polar surface area (TPSA) is 49.4 Å². The zero-order chi connectivity index (χ0) is 17.8. The molecule has 25 heavy (non-hydrogen) atoms. The molecule has 0 radical (unpaired) electrons. The van der Waals surface area contributed by atoms with Gasteiger partial charge in [-0.05, 0) is 24.6 Å². The second kappa shape index (κ2) is 7.80. The summed E-state index contributed by atoms with van der Waals surface area (Å²) in [5, 5.41) is 2.37. The van der Waals surface area contributed by atoms with Crippen molar-refractivity contribution in [1.82, 2.24) is 4.90 Å². The molecule has 6 heteroatoms. The average Bonchev–Trinajstić information content (AvgIpc) is 2.85. The minimum absolute atomic E-state index is 0.0992. The van der Waals surface area contributed by atoms with Gasteiger partial charge >= 0.3 is 0 Å². The van der Waals surface area contributed by atoms with Crippen molar-refractivity contribution in [1.29, 1.82) is 0 Å². The number of carbonyl (C=O) groups is 2. The van der Waals surface area contributed by atoms with Gasteiger partial charge in [0.1, 0.15) is 4.32 Å². The molecular formula is C19H18N2O2S2. The van der Waals surface area contributed by atoms with Crippen LogP contribution in [0.2, 0.25) is 0 Å². The molecule has 1 saturated heterocycles. The number of hydrogen-bond acceptors (Lipinski definition) is 4. The predicted octanol–water partition coefficient (Wildman–Crippen LogP) is 3.75. The van der Waals surface area contributed by atoms with Crippen LogP contribution in [0.3, 0.4) is 0 Å². The van der Waals surface area contributed by atoms with E-state index >= 15 is 0 Å². The molecule has 0 aliphatic carbocycles. The van der Waals surface area contributed by atoms with Crippen molar-refractivity contribution in [3.05, 3.63) is 65.7 Å². The summed E-state index contributed by atoms with van der Waals surface area (Å²) in [6.07, 6.45) is 0.114. The van der Waals surface area contributed by atoms with Gasteiger partial charge in [-0.1, -0.05) is 72.0 Å². The Morgan fingerprint density at radius 3 is 2.52 bits per heavy atom. The Balaban J connectivity index is 1.59. The quantitative estimate of drug-likeness (QED) is 0.815. The molecule has 1 heterocycles. The number of aryl methyl sites for hydroxylation is 1. The molecule has 2 amide bonds. The first-order valence-corrected chi connectivity index (χ1v) is 9.24. The molecule has 3 rings (SSSR count). The van der Waals surface area contributed by atoms with Crippen LogP contribution in [0.1, 0.15) is 17.5 Å². The van der Waals surface area contributed by atoms with E-state index in [1.54, 1.807) is 4.90 Å². The van der Waals surface area contributed by atoms with Crippen LogP contribution in [0.5, 0.6) is 0 Å². The van der Waals surface area contributed by atoms with Crippen LogP contribution in [0.4, 0.5) is 5.69 Å². The molecule has 0 bridgehead atoms. The highest BCUT2D eigenvalue weighted by Crippen LogP contribution is 2.31. The highest BCUT2D eigenvalue weighted by molar-refractivity contribution is 8.24. The van der Waals surface area contributed by atoms with Crippen LogP contribution in [-0.2, 0) is 16.1 Å². The number of nitrogens with zero attached hydrogens (tertiary/aromatic N) is 1. The number of anilines is 1. The maximum absolute atomic E-state index is 12.6. The van der Waals surface area contributed by atoms with Gasteiger partial charge in [0.15, 0.2) is 0 Å². The Morgan fingerprint density at radius 1 is 1.16 bits per heavy atom. The van der Waals surface area contributed by atoms with Gasteiger partial charge in [-0.3, -0.25) is 14.5 Å². The number of hydrogen-bond donors (Lipinski definition) is 1. The Hall–Kier alpha value is -2.18. The third-order valence-electron chi connectivity index (χ3n) is 3.89. The van der Waals surface area contributed by atoms with E-state index in [0.717, 1.165) is 16.8 Å². The first kappa shape index (κ1) is 17.6. The Morgan fingerprint density at radius 2 is 1.84 bits per heavy atom. The summed E-state index contributed by atoms with van der Waals surface area (Å²) in [6, 6.07) is 17.3. The van der Waals surface area contributed by atoms with Crippen molar-refractivity contribution in [2.24, 2.45) is 0 Å². The number of thioether (sulfide) groups is 1. The van der Waals surface area contributed by atoms with Crippen LogP contribution in [0, 0.1) is 6.92 Å². The summed E-state index contributed by atoms with van der Waals surface area (Å²) >= 11 is 6.62. The summed E-state index contributed by atoms with van der Waals surface area (Å²) in [5.41, 5.74) is 2.87. The SMILES string of the molecule is Cc1ccc(NC(=O)C[C@H]2SC(=S)N(Cc3ccccc3)C2=O)cc1. The Labute approximate surface area is 156 Å². The molecule has 1 aliphatic rings. The van der Waals surface area contributed by atoms with Gasteiger partial charge < -0.3 is 5.32 Å². The monoisotopic (exact) mass is 370 g/mol. The van der Waals surface area contributed by atoms with Crippen LogP contribution in [0.25, 0.3) is 0 Å². The summed E-state index contributed by atoms with van der Waals surface area (Å²) in [4.78, 5) is 26.4. The van der Waals surface area contributed by atoms with E-state index in [2.05, 4.69) is 5.32 Å².